The molecular weight excluding hydrogens is 316 g/mol. The Hall–Kier alpha value is -2.18. The molecule has 0 bridgehead atoms. The number of aromatic nitrogens is 2. The maximum atomic E-state index is 12.1. The van der Waals surface area contributed by atoms with Crippen LogP contribution in [0.4, 0.5) is 5.82 Å². The van der Waals surface area contributed by atoms with Crippen molar-refractivity contribution in [2.45, 2.75) is 6.54 Å². The maximum absolute atomic E-state index is 12.1. The molecule has 2 heterocycles. The Morgan fingerprint density at radius 2 is 1.96 bits per heavy atom. The van der Waals surface area contributed by atoms with Crippen LogP contribution in [0.3, 0.4) is 0 Å². The molecule has 1 aromatic heterocycles. The summed E-state index contributed by atoms with van der Waals surface area (Å²) in [6.07, 6.45) is 0. The standard InChI is InChI=1S/C16H17ClN4O2/c17-13-4-2-1-3-12(13)11-18-16(22)14-5-6-15(20-19-14)21-7-9-23-10-8-21/h1-6H,7-11H2,(H,18,22). The molecule has 0 radical (unpaired) electrons. The van der Waals surface area contributed by atoms with Crippen LogP contribution in [0.15, 0.2) is 36.4 Å². The average molecular weight is 333 g/mol. The van der Waals surface area contributed by atoms with E-state index in [-0.39, 0.29) is 11.6 Å². The molecule has 0 spiro atoms. The van der Waals surface area contributed by atoms with Crippen molar-refractivity contribution in [1.29, 1.82) is 0 Å². The summed E-state index contributed by atoms with van der Waals surface area (Å²) in [6.45, 7) is 3.29. The second-order valence-corrected chi connectivity index (χ2v) is 5.56. The van der Waals surface area contributed by atoms with Crippen LogP contribution in [0.5, 0.6) is 0 Å². The quantitative estimate of drug-likeness (QED) is 0.926. The third-order valence-corrected chi connectivity index (χ3v) is 3.98. The Labute approximate surface area is 139 Å². The van der Waals surface area contributed by atoms with Crippen LogP contribution in [-0.2, 0) is 11.3 Å². The Balaban J connectivity index is 1.60. The molecule has 23 heavy (non-hydrogen) atoms. The number of hydrogen-bond acceptors (Lipinski definition) is 5. The molecule has 3 rings (SSSR count). The molecule has 1 aromatic carbocycles. The highest BCUT2D eigenvalue weighted by atomic mass is 35.5. The predicted molar refractivity (Wildman–Crippen MR) is 87.7 cm³/mol. The van der Waals surface area contributed by atoms with Crippen molar-refractivity contribution in [3.63, 3.8) is 0 Å². The first-order valence-corrected chi connectivity index (χ1v) is 7.80. The van der Waals surface area contributed by atoms with Gasteiger partial charge in [-0.05, 0) is 23.8 Å². The number of carbonyl (C=O) groups excluding carboxylic acids is 1. The van der Waals surface area contributed by atoms with Gasteiger partial charge in [0.2, 0.25) is 0 Å². The van der Waals surface area contributed by atoms with Crippen molar-refractivity contribution in [3.05, 3.63) is 52.7 Å². The van der Waals surface area contributed by atoms with Crippen molar-refractivity contribution in [2.24, 2.45) is 0 Å². The van der Waals surface area contributed by atoms with Crippen LogP contribution in [0.1, 0.15) is 16.1 Å². The second-order valence-electron chi connectivity index (χ2n) is 5.15. The SMILES string of the molecule is O=C(NCc1ccccc1Cl)c1ccc(N2CCOCC2)nn1. The van der Waals surface area contributed by atoms with Gasteiger partial charge < -0.3 is 15.0 Å². The number of nitrogens with zero attached hydrogens (tertiary/aromatic N) is 3. The lowest BCUT2D eigenvalue weighted by molar-refractivity contribution is 0.0944. The number of benzene rings is 1. The van der Waals surface area contributed by atoms with Crippen LogP contribution in [0.2, 0.25) is 5.02 Å². The van der Waals surface area contributed by atoms with E-state index in [9.17, 15) is 4.79 Å². The van der Waals surface area contributed by atoms with Gasteiger partial charge in [-0.2, -0.15) is 0 Å². The van der Waals surface area contributed by atoms with Gasteiger partial charge in [0.15, 0.2) is 11.5 Å². The zero-order chi connectivity index (χ0) is 16.1. The highest BCUT2D eigenvalue weighted by Crippen LogP contribution is 2.15. The van der Waals surface area contributed by atoms with E-state index in [2.05, 4.69) is 20.4 Å². The number of amides is 1. The Morgan fingerprint density at radius 1 is 1.17 bits per heavy atom. The Bertz CT molecular complexity index is 672. The fraction of sp³-hybridized carbons (Fsp3) is 0.312. The van der Waals surface area contributed by atoms with E-state index < -0.39 is 0 Å². The van der Waals surface area contributed by atoms with Crippen LogP contribution < -0.4 is 10.2 Å². The van der Waals surface area contributed by atoms with Crippen molar-refractivity contribution >= 4 is 23.3 Å². The number of anilines is 1. The van der Waals surface area contributed by atoms with Gasteiger partial charge in [0, 0.05) is 24.7 Å². The summed E-state index contributed by atoms with van der Waals surface area (Å²) in [4.78, 5) is 14.2. The van der Waals surface area contributed by atoms with Crippen LogP contribution in [0.25, 0.3) is 0 Å². The molecule has 1 N–H and O–H groups in total. The molecular formula is C16H17ClN4O2. The van der Waals surface area contributed by atoms with Crippen LogP contribution >= 0.6 is 11.6 Å². The Kier molecular flexibility index (Phi) is 5.05. The summed E-state index contributed by atoms with van der Waals surface area (Å²) < 4.78 is 5.30. The molecule has 1 aliphatic heterocycles. The third-order valence-electron chi connectivity index (χ3n) is 3.62. The highest BCUT2D eigenvalue weighted by Gasteiger charge is 2.14. The van der Waals surface area contributed by atoms with Gasteiger partial charge in [0.25, 0.3) is 5.91 Å². The van der Waals surface area contributed by atoms with Gasteiger partial charge in [-0.25, -0.2) is 0 Å². The molecule has 0 aliphatic carbocycles. The van der Waals surface area contributed by atoms with Crippen molar-refractivity contribution in [3.8, 4) is 0 Å². The predicted octanol–water partition coefficient (Wildman–Crippen LogP) is 1.90. The summed E-state index contributed by atoms with van der Waals surface area (Å²) in [5, 5.41) is 11.6. The molecule has 0 atom stereocenters. The number of rotatable bonds is 4. The first kappa shape index (κ1) is 15.7. The molecule has 0 saturated carbocycles. The van der Waals surface area contributed by atoms with Gasteiger partial charge in [-0.15, -0.1) is 10.2 Å². The van der Waals surface area contributed by atoms with Crippen LogP contribution in [0, 0.1) is 0 Å². The van der Waals surface area contributed by atoms with E-state index in [0.29, 0.717) is 24.8 Å². The van der Waals surface area contributed by atoms with Gasteiger partial charge in [-0.1, -0.05) is 29.8 Å². The van der Waals surface area contributed by atoms with E-state index in [4.69, 9.17) is 16.3 Å². The summed E-state index contributed by atoms with van der Waals surface area (Å²) >= 11 is 6.07. The number of morpholine rings is 1. The van der Waals surface area contributed by atoms with Gasteiger partial charge in [-0.3, -0.25) is 4.79 Å². The van der Waals surface area contributed by atoms with Crippen molar-refractivity contribution in [2.75, 3.05) is 31.2 Å². The van der Waals surface area contributed by atoms with Crippen molar-refractivity contribution < 1.29 is 9.53 Å². The largest absolute Gasteiger partial charge is 0.378 e. The summed E-state index contributed by atoms with van der Waals surface area (Å²) in [6, 6.07) is 10.9. The normalized spacial score (nSPS) is 14.6. The number of ether oxygens (including phenoxy) is 1. The monoisotopic (exact) mass is 332 g/mol. The fourth-order valence-corrected chi connectivity index (χ4v) is 2.52. The summed E-state index contributed by atoms with van der Waals surface area (Å²) in [5.74, 6) is 0.488. The molecule has 1 fully saturated rings. The number of hydrogen-bond donors (Lipinski definition) is 1. The Morgan fingerprint density at radius 3 is 2.65 bits per heavy atom. The first-order valence-electron chi connectivity index (χ1n) is 7.42. The van der Waals surface area contributed by atoms with Gasteiger partial charge >= 0.3 is 0 Å². The lowest BCUT2D eigenvalue weighted by Gasteiger charge is -2.27. The van der Waals surface area contributed by atoms with Gasteiger partial charge in [0.05, 0.1) is 13.2 Å². The smallest absolute Gasteiger partial charge is 0.272 e. The molecule has 7 heteroatoms. The molecule has 2 aromatic rings. The van der Waals surface area contributed by atoms with Crippen LogP contribution in [-0.4, -0.2) is 42.4 Å². The second kappa shape index (κ2) is 7.39. The number of nitrogens with one attached hydrogen (secondary N) is 1. The number of halogens is 1. The van der Waals surface area contributed by atoms with Gasteiger partial charge in [0.1, 0.15) is 0 Å². The topological polar surface area (TPSA) is 67.4 Å². The maximum Gasteiger partial charge on any atom is 0.272 e. The van der Waals surface area contributed by atoms with Crippen molar-refractivity contribution in [1.82, 2.24) is 15.5 Å². The van der Waals surface area contributed by atoms with E-state index in [0.717, 1.165) is 24.5 Å². The lowest BCUT2D eigenvalue weighted by atomic mass is 10.2. The third kappa shape index (κ3) is 3.97. The molecule has 1 aliphatic rings. The average Bonchev–Trinajstić information content (AvgIpc) is 2.62. The van der Waals surface area contributed by atoms with E-state index in [1.165, 1.54) is 0 Å². The summed E-state index contributed by atoms with van der Waals surface area (Å²) in [7, 11) is 0. The minimum atomic E-state index is -0.272. The summed E-state index contributed by atoms with van der Waals surface area (Å²) in [5.41, 5.74) is 1.15. The zero-order valence-corrected chi connectivity index (χ0v) is 13.3. The first-order chi connectivity index (χ1) is 11.2. The molecule has 1 amide bonds. The van der Waals surface area contributed by atoms with E-state index >= 15 is 0 Å². The zero-order valence-electron chi connectivity index (χ0n) is 12.5. The minimum Gasteiger partial charge on any atom is -0.378 e. The highest BCUT2D eigenvalue weighted by molar-refractivity contribution is 6.31. The lowest BCUT2D eigenvalue weighted by Crippen LogP contribution is -2.37. The molecule has 120 valence electrons. The fourth-order valence-electron chi connectivity index (χ4n) is 2.32. The molecule has 0 unspecified atom stereocenters. The number of carbonyl (C=O) groups is 1. The van der Waals surface area contributed by atoms with E-state index in [1.54, 1.807) is 12.1 Å². The molecule has 6 nitrogen and oxygen atoms in total. The molecule has 1 saturated heterocycles. The van der Waals surface area contributed by atoms with E-state index in [1.807, 2.05) is 24.3 Å². The minimum absolute atomic E-state index is 0.272.